The number of amides is 1. The lowest BCUT2D eigenvalue weighted by Crippen LogP contribution is -2.53. The summed E-state index contributed by atoms with van der Waals surface area (Å²) in [5.74, 6) is 0.206. The summed E-state index contributed by atoms with van der Waals surface area (Å²) in [6.07, 6.45) is 9.34. The topological polar surface area (TPSA) is 56.1 Å². The minimum absolute atomic E-state index is 0.0690. The molecule has 2 aliphatic rings. The second-order valence-corrected chi connectivity index (χ2v) is 7.49. The molecule has 1 aliphatic carbocycles. The van der Waals surface area contributed by atoms with Gasteiger partial charge in [0.1, 0.15) is 0 Å². The van der Waals surface area contributed by atoms with Crippen LogP contribution in [0.3, 0.4) is 0 Å². The summed E-state index contributed by atoms with van der Waals surface area (Å²) in [6.45, 7) is 3.71. The van der Waals surface area contributed by atoms with Crippen molar-refractivity contribution in [3.8, 4) is 6.07 Å². The number of aryl methyl sites for hydroxylation is 1. The number of piperidine rings is 1. The molecule has 3 rings (SSSR count). The molecule has 0 bridgehead atoms. The Hall–Kier alpha value is -1.86. The van der Waals surface area contributed by atoms with Gasteiger partial charge in [-0.15, -0.1) is 0 Å². The third-order valence-corrected chi connectivity index (χ3v) is 5.76. The molecular formula is C21H29N3O. The first-order valence-corrected chi connectivity index (χ1v) is 9.72. The average molecular weight is 339 g/mol. The van der Waals surface area contributed by atoms with Crippen LogP contribution in [-0.4, -0.2) is 36.0 Å². The number of nitriles is 1. The smallest absolute Gasteiger partial charge is 0.237 e. The molecule has 1 N–H and O–H groups in total. The van der Waals surface area contributed by atoms with E-state index in [9.17, 15) is 4.79 Å². The number of hydrogen-bond donors (Lipinski definition) is 1. The number of carbonyl (C=O) groups is 1. The molecule has 134 valence electrons. The maximum Gasteiger partial charge on any atom is 0.237 e. The fourth-order valence-electron chi connectivity index (χ4n) is 4.36. The van der Waals surface area contributed by atoms with E-state index >= 15 is 0 Å². The lowest BCUT2D eigenvalue weighted by Gasteiger charge is -2.38. The van der Waals surface area contributed by atoms with Crippen LogP contribution in [0.15, 0.2) is 18.2 Å². The maximum absolute atomic E-state index is 12.7. The number of likely N-dealkylation sites (tertiary alicyclic amines) is 1. The third kappa shape index (κ3) is 4.41. The quantitative estimate of drug-likeness (QED) is 0.895. The van der Waals surface area contributed by atoms with Gasteiger partial charge in [-0.25, -0.2) is 0 Å². The number of benzene rings is 1. The minimum atomic E-state index is 0.0690. The zero-order valence-electron chi connectivity index (χ0n) is 15.3. The molecule has 1 aliphatic heterocycles. The molecule has 1 atom stereocenters. The monoisotopic (exact) mass is 339 g/mol. The van der Waals surface area contributed by atoms with Crippen LogP contribution >= 0.6 is 0 Å². The lowest BCUT2D eigenvalue weighted by molar-refractivity contribution is -0.128. The van der Waals surface area contributed by atoms with E-state index in [1.807, 2.05) is 19.1 Å². The zero-order valence-corrected chi connectivity index (χ0v) is 15.3. The molecular weight excluding hydrogens is 310 g/mol. The second-order valence-electron chi connectivity index (χ2n) is 7.49. The van der Waals surface area contributed by atoms with Gasteiger partial charge in [0.15, 0.2) is 0 Å². The Morgan fingerprint density at radius 2 is 2.00 bits per heavy atom. The van der Waals surface area contributed by atoms with Crippen LogP contribution < -0.4 is 5.32 Å². The van der Waals surface area contributed by atoms with E-state index in [4.69, 9.17) is 5.26 Å². The summed E-state index contributed by atoms with van der Waals surface area (Å²) in [7, 11) is 0. The van der Waals surface area contributed by atoms with Crippen molar-refractivity contribution in [3.05, 3.63) is 34.9 Å². The van der Waals surface area contributed by atoms with Crippen molar-refractivity contribution in [3.63, 3.8) is 0 Å². The van der Waals surface area contributed by atoms with Gasteiger partial charge in [0.2, 0.25) is 5.91 Å². The highest BCUT2D eigenvalue weighted by atomic mass is 16.2. The van der Waals surface area contributed by atoms with Crippen LogP contribution in [0, 0.1) is 18.3 Å². The predicted octanol–water partition coefficient (Wildman–Crippen LogP) is 3.32. The van der Waals surface area contributed by atoms with Crippen molar-refractivity contribution >= 4 is 5.91 Å². The summed E-state index contributed by atoms with van der Waals surface area (Å²) < 4.78 is 0. The van der Waals surface area contributed by atoms with Crippen molar-refractivity contribution in [2.45, 2.75) is 70.4 Å². The highest BCUT2D eigenvalue weighted by Crippen LogP contribution is 2.29. The summed E-state index contributed by atoms with van der Waals surface area (Å²) in [5.41, 5.74) is 2.90. The van der Waals surface area contributed by atoms with Gasteiger partial charge in [0.05, 0.1) is 17.7 Å². The van der Waals surface area contributed by atoms with Crippen LogP contribution in [0.25, 0.3) is 0 Å². The normalized spacial score (nSPS) is 21.8. The van der Waals surface area contributed by atoms with Crippen molar-refractivity contribution in [2.24, 2.45) is 0 Å². The SMILES string of the molecule is Cc1cc(CCNC(=O)C2CCCCN2C2CCCC2)ccc1C#N. The van der Waals surface area contributed by atoms with E-state index in [0.29, 0.717) is 12.6 Å². The Balaban J connectivity index is 1.52. The molecule has 25 heavy (non-hydrogen) atoms. The van der Waals surface area contributed by atoms with Gasteiger partial charge in [-0.3, -0.25) is 9.69 Å². The Morgan fingerprint density at radius 1 is 1.24 bits per heavy atom. The fraction of sp³-hybridized carbons (Fsp3) is 0.619. The van der Waals surface area contributed by atoms with Gasteiger partial charge in [-0.1, -0.05) is 31.4 Å². The first-order chi connectivity index (χ1) is 12.2. The Kier molecular flexibility index (Phi) is 6.09. The zero-order chi connectivity index (χ0) is 17.6. The summed E-state index contributed by atoms with van der Waals surface area (Å²) in [6, 6.07) is 8.80. The second kappa shape index (κ2) is 8.49. The number of rotatable bonds is 5. The molecule has 1 saturated heterocycles. The summed E-state index contributed by atoms with van der Waals surface area (Å²) in [5, 5.41) is 12.2. The number of nitrogens with zero attached hydrogens (tertiary/aromatic N) is 2. The van der Waals surface area contributed by atoms with E-state index in [1.165, 1.54) is 37.7 Å². The number of hydrogen-bond acceptors (Lipinski definition) is 3. The molecule has 1 saturated carbocycles. The van der Waals surface area contributed by atoms with Crippen LogP contribution in [0.2, 0.25) is 0 Å². The van der Waals surface area contributed by atoms with Gasteiger partial charge >= 0.3 is 0 Å². The highest BCUT2D eigenvalue weighted by Gasteiger charge is 2.34. The first kappa shape index (κ1) is 17.9. The largest absolute Gasteiger partial charge is 0.354 e. The van der Waals surface area contributed by atoms with Gasteiger partial charge < -0.3 is 5.32 Å². The van der Waals surface area contributed by atoms with Crippen molar-refractivity contribution in [1.82, 2.24) is 10.2 Å². The molecule has 4 nitrogen and oxygen atoms in total. The minimum Gasteiger partial charge on any atom is -0.354 e. The molecule has 1 aromatic rings. The summed E-state index contributed by atoms with van der Waals surface area (Å²) >= 11 is 0. The van der Waals surface area contributed by atoms with Crippen LogP contribution in [0.5, 0.6) is 0 Å². The fourth-order valence-corrected chi connectivity index (χ4v) is 4.36. The lowest BCUT2D eigenvalue weighted by atomic mass is 9.98. The van der Waals surface area contributed by atoms with E-state index in [2.05, 4.69) is 22.4 Å². The van der Waals surface area contributed by atoms with Gasteiger partial charge in [-0.05, 0) is 62.8 Å². The van der Waals surface area contributed by atoms with Crippen LogP contribution in [-0.2, 0) is 11.2 Å². The van der Waals surface area contributed by atoms with Gasteiger partial charge in [-0.2, -0.15) is 5.26 Å². The van der Waals surface area contributed by atoms with Crippen molar-refractivity contribution in [2.75, 3.05) is 13.1 Å². The standard InChI is InChI=1S/C21H29N3O/c1-16-14-17(9-10-18(16)15-22)11-12-23-21(25)20-8-4-5-13-24(20)19-6-2-3-7-19/h9-10,14,19-20H,2-8,11-13H2,1H3,(H,23,25). The van der Waals surface area contributed by atoms with Gasteiger partial charge in [0, 0.05) is 12.6 Å². The molecule has 1 amide bonds. The number of nitrogens with one attached hydrogen (secondary N) is 1. The average Bonchev–Trinajstić information content (AvgIpc) is 3.16. The van der Waals surface area contributed by atoms with Crippen molar-refractivity contribution in [1.29, 1.82) is 5.26 Å². The molecule has 1 aromatic carbocycles. The number of carbonyl (C=O) groups excluding carboxylic acids is 1. The van der Waals surface area contributed by atoms with E-state index in [1.54, 1.807) is 0 Å². The van der Waals surface area contributed by atoms with Crippen molar-refractivity contribution < 1.29 is 4.79 Å². The molecule has 4 heteroatoms. The predicted molar refractivity (Wildman–Crippen MR) is 99.2 cm³/mol. The Bertz CT molecular complexity index is 643. The maximum atomic E-state index is 12.7. The molecule has 0 spiro atoms. The molecule has 2 fully saturated rings. The van der Waals surface area contributed by atoms with E-state index < -0.39 is 0 Å². The summed E-state index contributed by atoms with van der Waals surface area (Å²) in [4.78, 5) is 15.2. The molecule has 0 radical (unpaired) electrons. The molecule has 1 unspecified atom stereocenters. The Labute approximate surface area is 151 Å². The molecule has 0 aromatic heterocycles. The Morgan fingerprint density at radius 3 is 2.72 bits per heavy atom. The highest BCUT2D eigenvalue weighted by molar-refractivity contribution is 5.81. The van der Waals surface area contributed by atoms with E-state index in [0.717, 1.165) is 36.9 Å². The van der Waals surface area contributed by atoms with E-state index in [-0.39, 0.29) is 11.9 Å². The van der Waals surface area contributed by atoms with Gasteiger partial charge in [0.25, 0.3) is 0 Å². The van der Waals surface area contributed by atoms with Crippen LogP contribution in [0.1, 0.15) is 61.6 Å². The van der Waals surface area contributed by atoms with Crippen LogP contribution in [0.4, 0.5) is 0 Å². The third-order valence-electron chi connectivity index (χ3n) is 5.76. The first-order valence-electron chi connectivity index (χ1n) is 9.72. The molecule has 1 heterocycles.